The second-order valence-corrected chi connectivity index (χ2v) is 10.7. The average molecular weight is 489 g/mol. The minimum Gasteiger partial charge on any atom is -0.465 e. The standard InChI is InChI=1S/C27H40N2O6/c1-5-7-13-28-14-10-12-27-20(21-25(33)34-15-9-8-11-26(21,6-2)35-27)23(31)29(22(27)24(28)32)19(17-30)16-18(3)4/h8,10-12,18-22,30H,5-7,9,13-17H2,1-4H3/t19-,20+,21-,22?,26+,27+/m1/s1. The van der Waals surface area contributed by atoms with Gasteiger partial charge in [0.15, 0.2) is 0 Å². The van der Waals surface area contributed by atoms with Gasteiger partial charge in [-0.25, -0.2) is 0 Å². The van der Waals surface area contributed by atoms with Gasteiger partial charge in [-0.1, -0.05) is 58.4 Å². The molecule has 6 atom stereocenters. The highest BCUT2D eigenvalue weighted by molar-refractivity contribution is 5.99. The number of aliphatic hydroxyl groups is 1. The van der Waals surface area contributed by atoms with Gasteiger partial charge in [-0.15, -0.1) is 0 Å². The number of rotatable bonds is 8. The van der Waals surface area contributed by atoms with Crippen LogP contribution in [0.15, 0.2) is 24.3 Å². The monoisotopic (exact) mass is 488 g/mol. The smallest absolute Gasteiger partial charge is 0.313 e. The van der Waals surface area contributed by atoms with Crippen molar-refractivity contribution >= 4 is 17.8 Å². The summed E-state index contributed by atoms with van der Waals surface area (Å²) in [4.78, 5) is 45.1. The number of carbonyl (C=O) groups excluding carboxylic acids is 3. The van der Waals surface area contributed by atoms with Crippen molar-refractivity contribution in [2.24, 2.45) is 17.8 Å². The van der Waals surface area contributed by atoms with E-state index in [0.717, 1.165) is 12.8 Å². The molecule has 8 nitrogen and oxygen atoms in total. The lowest BCUT2D eigenvalue weighted by molar-refractivity contribution is -0.163. The summed E-state index contributed by atoms with van der Waals surface area (Å²) in [6.45, 7) is 9.05. The average Bonchev–Trinajstić information content (AvgIpc) is 3.18. The molecule has 4 rings (SSSR count). The van der Waals surface area contributed by atoms with Crippen LogP contribution in [0.3, 0.4) is 0 Å². The van der Waals surface area contributed by atoms with Crippen molar-refractivity contribution in [1.29, 1.82) is 0 Å². The van der Waals surface area contributed by atoms with E-state index >= 15 is 0 Å². The molecule has 2 amide bonds. The number of carbonyl (C=O) groups is 3. The van der Waals surface area contributed by atoms with E-state index in [0.29, 0.717) is 32.4 Å². The highest BCUT2D eigenvalue weighted by Gasteiger charge is 2.75. The normalized spacial score (nSPS) is 35.4. The molecule has 4 aliphatic heterocycles. The highest BCUT2D eigenvalue weighted by Crippen LogP contribution is 2.58. The summed E-state index contributed by atoms with van der Waals surface area (Å²) >= 11 is 0. The van der Waals surface area contributed by atoms with E-state index in [1.54, 1.807) is 9.80 Å². The van der Waals surface area contributed by atoms with Crippen LogP contribution in [0.4, 0.5) is 0 Å². The van der Waals surface area contributed by atoms with Crippen molar-refractivity contribution in [2.75, 3.05) is 26.3 Å². The molecular weight excluding hydrogens is 448 g/mol. The maximum absolute atomic E-state index is 14.3. The largest absolute Gasteiger partial charge is 0.465 e. The Hall–Kier alpha value is -2.19. The first-order valence-electron chi connectivity index (χ1n) is 13.2. The van der Waals surface area contributed by atoms with Crippen LogP contribution in [0.5, 0.6) is 0 Å². The zero-order valence-electron chi connectivity index (χ0n) is 21.4. The number of likely N-dealkylation sites (tertiary alicyclic amines) is 1. The van der Waals surface area contributed by atoms with Gasteiger partial charge in [-0.05, 0) is 31.6 Å². The van der Waals surface area contributed by atoms with Crippen LogP contribution in [0.1, 0.15) is 59.8 Å². The first-order valence-corrected chi connectivity index (χ1v) is 13.2. The summed E-state index contributed by atoms with van der Waals surface area (Å²) in [5, 5.41) is 10.4. The van der Waals surface area contributed by atoms with Crippen molar-refractivity contribution in [3.63, 3.8) is 0 Å². The molecule has 0 aromatic carbocycles. The predicted octanol–water partition coefficient (Wildman–Crippen LogP) is 2.46. The molecule has 194 valence electrons. The van der Waals surface area contributed by atoms with Crippen LogP contribution in [0, 0.1) is 17.8 Å². The van der Waals surface area contributed by atoms with Gasteiger partial charge in [0, 0.05) is 13.1 Å². The van der Waals surface area contributed by atoms with Crippen LogP contribution < -0.4 is 0 Å². The van der Waals surface area contributed by atoms with Crippen LogP contribution in [-0.2, 0) is 23.9 Å². The molecule has 1 N–H and O–H groups in total. The summed E-state index contributed by atoms with van der Waals surface area (Å²) in [7, 11) is 0. The predicted molar refractivity (Wildman–Crippen MR) is 130 cm³/mol. The summed E-state index contributed by atoms with van der Waals surface area (Å²) in [6, 6.07) is -1.48. The second-order valence-electron chi connectivity index (χ2n) is 10.7. The number of unbranched alkanes of at least 4 members (excludes halogenated alkanes) is 1. The molecular formula is C27H40N2O6. The molecule has 1 spiro atoms. The van der Waals surface area contributed by atoms with Crippen molar-refractivity contribution in [3.8, 4) is 0 Å². The minimum atomic E-state index is -1.30. The molecule has 0 radical (unpaired) electrons. The van der Waals surface area contributed by atoms with Gasteiger partial charge in [0.05, 0.1) is 25.2 Å². The van der Waals surface area contributed by atoms with Crippen molar-refractivity contribution < 1.29 is 29.0 Å². The van der Waals surface area contributed by atoms with Crippen LogP contribution in [-0.4, -0.2) is 82.3 Å². The van der Waals surface area contributed by atoms with Crippen molar-refractivity contribution in [2.45, 2.75) is 83.1 Å². The Morgan fingerprint density at radius 2 is 1.89 bits per heavy atom. The lowest BCUT2D eigenvalue weighted by atomic mass is 9.73. The van der Waals surface area contributed by atoms with E-state index in [4.69, 9.17) is 9.47 Å². The molecule has 2 fully saturated rings. The third-order valence-electron chi connectivity index (χ3n) is 8.05. The fourth-order valence-corrected chi connectivity index (χ4v) is 6.48. The van der Waals surface area contributed by atoms with E-state index in [-0.39, 0.29) is 30.9 Å². The van der Waals surface area contributed by atoms with Gasteiger partial charge >= 0.3 is 5.97 Å². The van der Waals surface area contributed by atoms with Crippen LogP contribution >= 0.6 is 0 Å². The molecule has 0 saturated carbocycles. The van der Waals surface area contributed by atoms with Gasteiger partial charge in [0.2, 0.25) is 11.8 Å². The topological polar surface area (TPSA) is 96.4 Å². The van der Waals surface area contributed by atoms with Crippen LogP contribution in [0.25, 0.3) is 0 Å². The summed E-state index contributed by atoms with van der Waals surface area (Å²) < 4.78 is 12.4. The zero-order chi connectivity index (χ0) is 25.4. The number of fused-ring (bicyclic) bond motifs is 2. The van der Waals surface area contributed by atoms with E-state index in [2.05, 4.69) is 6.92 Å². The SMILES string of the molecule is CCCCN1CC=C[C@]23O[C@@]4(CC)C=CCCOC(=O)[C@H]4[C@H]2C(=O)N([C@@H](CO)CC(C)C)C3C1=O. The maximum Gasteiger partial charge on any atom is 0.313 e. The number of amides is 2. The number of hydrogen-bond acceptors (Lipinski definition) is 6. The molecule has 2 saturated heterocycles. The molecule has 8 heteroatoms. The first-order chi connectivity index (χ1) is 16.8. The minimum absolute atomic E-state index is 0.181. The fourth-order valence-electron chi connectivity index (χ4n) is 6.48. The number of hydrogen-bond donors (Lipinski definition) is 1. The third-order valence-corrected chi connectivity index (χ3v) is 8.05. The Kier molecular flexibility index (Phi) is 7.44. The molecule has 0 aromatic heterocycles. The Morgan fingerprint density at radius 1 is 1.11 bits per heavy atom. The van der Waals surface area contributed by atoms with Gasteiger partial charge in [0.1, 0.15) is 23.2 Å². The summed E-state index contributed by atoms with van der Waals surface area (Å²) in [6.07, 6.45) is 11.0. The Morgan fingerprint density at radius 3 is 2.54 bits per heavy atom. The van der Waals surface area contributed by atoms with E-state index < -0.39 is 41.1 Å². The molecule has 0 bridgehead atoms. The number of esters is 1. The maximum atomic E-state index is 14.3. The van der Waals surface area contributed by atoms with Crippen molar-refractivity contribution in [1.82, 2.24) is 9.80 Å². The summed E-state index contributed by atoms with van der Waals surface area (Å²) in [5.41, 5.74) is -2.33. The highest BCUT2D eigenvalue weighted by atomic mass is 16.6. The van der Waals surface area contributed by atoms with Crippen LogP contribution in [0.2, 0.25) is 0 Å². The Balaban J connectivity index is 1.88. The van der Waals surface area contributed by atoms with Gasteiger partial charge in [0.25, 0.3) is 0 Å². The number of nitrogens with zero attached hydrogens (tertiary/aromatic N) is 2. The molecule has 0 aromatic rings. The van der Waals surface area contributed by atoms with Gasteiger partial charge in [-0.3, -0.25) is 14.4 Å². The number of aliphatic hydroxyl groups excluding tert-OH is 1. The molecule has 35 heavy (non-hydrogen) atoms. The number of ether oxygens (including phenoxy) is 2. The van der Waals surface area contributed by atoms with E-state index in [1.165, 1.54) is 0 Å². The molecule has 1 unspecified atom stereocenters. The molecule has 4 aliphatic rings. The fraction of sp³-hybridized carbons (Fsp3) is 0.741. The molecule has 4 heterocycles. The quantitative estimate of drug-likeness (QED) is 0.417. The molecule has 0 aliphatic carbocycles. The van der Waals surface area contributed by atoms with E-state index in [9.17, 15) is 19.5 Å². The second kappa shape index (κ2) is 10.1. The lowest BCUT2D eigenvalue weighted by Gasteiger charge is -2.41. The lowest BCUT2D eigenvalue weighted by Crippen LogP contribution is -2.59. The Bertz CT molecular complexity index is 900. The summed E-state index contributed by atoms with van der Waals surface area (Å²) in [5.74, 6) is -2.49. The first kappa shape index (κ1) is 25.9. The third kappa shape index (κ3) is 4.12. The van der Waals surface area contributed by atoms with Gasteiger partial charge < -0.3 is 24.4 Å². The van der Waals surface area contributed by atoms with Crippen molar-refractivity contribution in [3.05, 3.63) is 24.3 Å². The number of cyclic esters (lactones) is 1. The van der Waals surface area contributed by atoms with Gasteiger partial charge in [-0.2, -0.15) is 0 Å². The zero-order valence-corrected chi connectivity index (χ0v) is 21.4. The Labute approximate surface area is 208 Å². The van der Waals surface area contributed by atoms with E-state index in [1.807, 2.05) is 45.1 Å².